The van der Waals surface area contributed by atoms with Crippen LogP contribution in [-0.4, -0.2) is 31.9 Å². The van der Waals surface area contributed by atoms with E-state index in [1.54, 1.807) is 16.4 Å². The quantitative estimate of drug-likeness (QED) is 0.877. The van der Waals surface area contributed by atoms with Crippen LogP contribution < -0.4 is 5.73 Å². The van der Waals surface area contributed by atoms with Crippen molar-refractivity contribution in [3.63, 3.8) is 0 Å². The second-order valence-corrected chi connectivity index (χ2v) is 7.59. The van der Waals surface area contributed by atoms with E-state index >= 15 is 0 Å². The van der Waals surface area contributed by atoms with Crippen LogP contribution in [0.25, 0.3) is 0 Å². The Bertz CT molecular complexity index is 554. The lowest BCUT2D eigenvalue weighted by molar-refractivity contribution is 0.276. The van der Waals surface area contributed by atoms with Gasteiger partial charge in [0.25, 0.3) is 0 Å². The van der Waals surface area contributed by atoms with E-state index in [0.717, 1.165) is 31.2 Å². The minimum Gasteiger partial charge on any atom is -0.330 e. The zero-order valence-corrected chi connectivity index (χ0v) is 13.8. The summed E-state index contributed by atoms with van der Waals surface area (Å²) in [7, 11) is -3.42. The van der Waals surface area contributed by atoms with E-state index < -0.39 is 10.0 Å². The van der Waals surface area contributed by atoms with Crippen LogP contribution in [0.4, 0.5) is 0 Å². The molecule has 2 atom stereocenters. The van der Waals surface area contributed by atoms with Gasteiger partial charge in [0.1, 0.15) is 0 Å². The summed E-state index contributed by atoms with van der Waals surface area (Å²) in [5, 5.41) is 0. The molecule has 0 aromatic heterocycles. The van der Waals surface area contributed by atoms with Crippen LogP contribution in [0, 0.1) is 5.92 Å². The molecule has 5 heteroatoms. The van der Waals surface area contributed by atoms with Crippen LogP contribution in [0.15, 0.2) is 29.2 Å². The van der Waals surface area contributed by atoms with E-state index in [-0.39, 0.29) is 12.0 Å². The van der Waals surface area contributed by atoms with Crippen LogP contribution in [0.1, 0.15) is 38.7 Å². The van der Waals surface area contributed by atoms with Gasteiger partial charge in [-0.25, -0.2) is 8.42 Å². The molecular weight excluding hydrogens is 284 g/mol. The van der Waals surface area contributed by atoms with Gasteiger partial charge in [0.05, 0.1) is 4.90 Å². The molecular formula is C16H26N2O2S. The third-order valence-electron chi connectivity index (χ3n) is 4.54. The molecule has 1 aliphatic rings. The molecule has 21 heavy (non-hydrogen) atoms. The maximum Gasteiger partial charge on any atom is 0.243 e. The minimum absolute atomic E-state index is 0.0517. The Morgan fingerprint density at radius 3 is 2.38 bits per heavy atom. The van der Waals surface area contributed by atoms with Crippen molar-refractivity contribution in [2.45, 2.75) is 50.5 Å². The zero-order valence-electron chi connectivity index (χ0n) is 13.0. The minimum atomic E-state index is -3.42. The normalized spacial score (nSPS) is 22.9. The molecule has 0 spiro atoms. The van der Waals surface area contributed by atoms with Gasteiger partial charge in [-0.1, -0.05) is 32.4 Å². The number of aryl methyl sites for hydroxylation is 1. The summed E-state index contributed by atoms with van der Waals surface area (Å²) in [5.74, 6) is 0.287. The molecule has 1 aliphatic carbocycles. The van der Waals surface area contributed by atoms with Crippen molar-refractivity contribution < 1.29 is 8.42 Å². The second kappa shape index (κ2) is 6.90. The van der Waals surface area contributed by atoms with Crippen molar-refractivity contribution in [2.75, 3.05) is 13.1 Å². The van der Waals surface area contributed by atoms with Gasteiger partial charge in [-0.3, -0.25) is 0 Å². The summed E-state index contributed by atoms with van der Waals surface area (Å²) < 4.78 is 27.4. The van der Waals surface area contributed by atoms with Crippen molar-refractivity contribution in [3.05, 3.63) is 29.8 Å². The molecule has 0 saturated heterocycles. The summed E-state index contributed by atoms with van der Waals surface area (Å²) >= 11 is 0. The van der Waals surface area contributed by atoms with Crippen molar-refractivity contribution in [1.29, 1.82) is 0 Å². The Labute approximate surface area is 128 Å². The van der Waals surface area contributed by atoms with E-state index in [4.69, 9.17) is 5.73 Å². The highest BCUT2D eigenvalue weighted by molar-refractivity contribution is 7.89. The van der Waals surface area contributed by atoms with Crippen LogP contribution in [0.3, 0.4) is 0 Å². The topological polar surface area (TPSA) is 63.4 Å². The molecule has 2 N–H and O–H groups in total. The van der Waals surface area contributed by atoms with E-state index in [2.05, 4.69) is 6.92 Å². The third kappa shape index (κ3) is 3.30. The van der Waals surface area contributed by atoms with Crippen LogP contribution in [0.5, 0.6) is 0 Å². The lowest BCUT2D eigenvalue weighted by atomic mass is 10.0. The third-order valence-corrected chi connectivity index (χ3v) is 6.56. The van der Waals surface area contributed by atoms with E-state index in [0.29, 0.717) is 18.0 Å². The SMILES string of the molecule is CCc1ccc(S(=O)(=O)N(CC)C2CCCC2CN)cc1. The highest BCUT2D eigenvalue weighted by atomic mass is 32.2. The number of hydrogen-bond donors (Lipinski definition) is 1. The standard InChI is InChI=1S/C16H26N2O2S/c1-3-13-8-10-15(11-9-13)21(19,20)18(4-2)16-7-5-6-14(16)12-17/h8-11,14,16H,3-7,12,17H2,1-2H3. The Balaban J connectivity index is 2.30. The Hall–Kier alpha value is -0.910. The van der Waals surface area contributed by atoms with Gasteiger partial charge in [-0.05, 0) is 49.4 Å². The van der Waals surface area contributed by atoms with Gasteiger partial charge in [0, 0.05) is 12.6 Å². The van der Waals surface area contributed by atoms with Crippen LogP contribution >= 0.6 is 0 Å². The smallest absolute Gasteiger partial charge is 0.243 e. The molecule has 0 bridgehead atoms. The number of hydrogen-bond acceptors (Lipinski definition) is 3. The van der Waals surface area contributed by atoms with Crippen molar-refractivity contribution in [1.82, 2.24) is 4.31 Å². The summed E-state index contributed by atoms with van der Waals surface area (Å²) in [6.45, 7) is 5.03. The Morgan fingerprint density at radius 2 is 1.86 bits per heavy atom. The first-order valence-electron chi connectivity index (χ1n) is 7.85. The zero-order chi connectivity index (χ0) is 15.5. The molecule has 0 aliphatic heterocycles. The highest BCUT2D eigenvalue weighted by Gasteiger charge is 2.37. The van der Waals surface area contributed by atoms with Gasteiger partial charge in [-0.2, -0.15) is 4.31 Å². The summed E-state index contributed by atoms with van der Waals surface area (Å²) in [6.07, 6.45) is 3.92. The van der Waals surface area contributed by atoms with E-state index in [1.165, 1.54) is 0 Å². The molecule has 1 aromatic rings. The average Bonchev–Trinajstić information content (AvgIpc) is 2.96. The number of rotatable bonds is 6. The Morgan fingerprint density at radius 1 is 1.19 bits per heavy atom. The fourth-order valence-electron chi connectivity index (χ4n) is 3.29. The van der Waals surface area contributed by atoms with Crippen LogP contribution in [-0.2, 0) is 16.4 Å². The lowest BCUT2D eigenvalue weighted by Gasteiger charge is -2.31. The molecule has 1 saturated carbocycles. The van der Waals surface area contributed by atoms with E-state index in [1.807, 2.05) is 19.1 Å². The molecule has 0 amide bonds. The molecule has 2 unspecified atom stereocenters. The van der Waals surface area contributed by atoms with Gasteiger partial charge in [0.15, 0.2) is 0 Å². The largest absolute Gasteiger partial charge is 0.330 e. The predicted molar refractivity (Wildman–Crippen MR) is 85.6 cm³/mol. The maximum atomic E-state index is 12.9. The number of sulfonamides is 1. The number of nitrogens with two attached hydrogens (primary N) is 1. The van der Waals surface area contributed by atoms with E-state index in [9.17, 15) is 8.42 Å². The average molecular weight is 310 g/mol. The molecule has 0 heterocycles. The molecule has 1 aromatic carbocycles. The van der Waals surface area contributed by atoms with Gasteiger partial charge < -0.3 is 5.73 Å². The first kappa shape index (κ1) is 16.5. The predicted octanol–water partition coefficient (Wildman–Crippen LogP) is 2.39. The van der Waals surface area contributed by atoms with Crippen molar-refractivity contribution in [3.8, 4) is 0 Å². The summed E-state index contributed by atoms with van der Waals surface area (Å²) in [4.78, 5) is 0.393. The summed E-state index contributed by atoms with van der Waals surface area (Å²) in [6, 6.07) is 7.30. The molecule has 2 rings (SSSR count). The first-order chi connectivity index (χ1) is 10.0. The van der Waals surface area contributed by atoms with Crippen LogP contribution in [0.2, 0.25) is 0 Å². The molecule has 0 radical (unpaired) electrons. The Kier molecular flexibility index (Phi) is 5.41. The highest BCUT2D eigenvalue weighted by Crippen LogP contribution is 2.32. The van der Waals surface area contributed by atoms with Crippen molar-refractivity contribution in [2.24, 2.45) is 11.7 Å². The second-order valence-electron chi connectivity index (χ2n) is 5.70. The van der Waals surface area contributed by atoms with Gasteiger partial charge in [-0.15, -0.1) is 0 Å². The maximum absolute atomic E-state index is 12.9. The first-order valence-corrected chi connectivity index (χ1v) is 9.29. The fraction of sp³-hybridized carbons (Fsp3) is 0.625. The number of nitrogens with zero attached hydrogens (tertiary/aromatic N) is 1. The monoisotopic (exact) mass is 310 g/mol. The lowest BCUT2D eigenvalue weighted by Crippen LogP contribution is -2.43. The van der Waals surface area contributed by atoms with Gasteiger partial charge >= 0.3 is 0 Å². The molecule has 1 fully saturated rings. The number of benzene rings is 1. The molecule has 4 nitrogen and oxygen atoms in total. The van der Waals surface area contributed by atoms with Gasteiger partial charge in [0.2, 0.25) is 10.0 Å². The summed E-state index contributed by atoms with van der Waals surface area (Å²) in [5.41, 5.74) is 6.97. The molecule has 118 valence electrons. The van der Waals surface area contributed by atoms with Crippen molar-refractivity contribution >= 4 is 10.0 Å². The fourth-order valence-corrected chi connectivity index (χ4v) is 5.01.